The highest BCUT2D eigenvalue weighted by molar-refractivity contribution is 7.95. The summed E-state index contributed by atoms with van der Waals surface area (Å²) in [5.41, 5.74) is 1.08. The maximum absolute atomic E-state index is 5.69. The van der Waals surface area contributed by atoms with Gasteiger partial charge in [0.25, 0.3) is 0 Å². The Hall–Kier alpha value is -0.100. The maximum Gasteiger partial charge on any atom is 0.0897 e. The van der Waals surface area contributed by atoms with Crippen LogP contribution in [-0.4, -0.2) is 21.3 Å². The summed E-state index contributed by atoms with van der Waals surface area (Å²) in [5, 5.41) is 5.64. The van der Waals surface area contributed by atoms with Gasteiger partial charge in [-0.25, -0.2) is 9.27 Å². The second-order valence-electron chi connectivity index (χ2n) is 4.25. The molecule has 0 aromatic carbocycles. The number of hydroxylamine groups is 2. The van der Waals surface area contributed by atoms with Crippen molar-refractivity contribution in [3.05, 3.63) is 16.1 Å². The third kappa shape index (κ3) is 4.82. The van der Waals surface area contributed by atoms with E-state index in [1.807, 2.05) is 12.0 Å². The molecule has 0 spiro atoms. The fourth-order valence-corrected chi connectivity index (χ4v) is 2.19. The van der Waals surface area contributed by atoms with Gasteiger partial charge in [-0.15, -0.1) is 11.3 Å². The van der Waals surface area contributed by atoms with Crippen LogP contribution in [0.1, 0.15) is 38.4 Å². The summed E-state index contributed by atoms with van der Waals surface area (Å²) in [6.07, 6.45) is 0. The molecule has 0 saturated carbocycles. The third-order valence-electron chi connectivity index (χ3n) is 1.89. The number of aromatic nitrogens is 1. The first-order valence-electron chi connectivity index (χ1n) is 5.50. The second-order valence-corrected chi connectivity index (χ2v) is 6.59. The van der Waals surface area contributed by atoms with E-state index < -0.39 is 0 Å². The van der Waals surface area contributed by atoms with Crippen LogP contribution < -0.4 is 0 Å². The molecule has 1 rings (SSSR count). The van der Waals surface area contributed by atoms with Crippen LogP contribution in [0.2, 0.25) is 0 Å². The van der Waals surface area contributed by atoms with Crippen LogP contribution in [0.25, 0.3) is 0 Å². The van der Waals surface area contributed by atoms with E-state index in [9.17, 15) is 0 Å². The highest BCUT2D eigenvalue weighted by Crippen LogP contribution is 2.19. The number of rotatable bonds is 6. The molecule has 92 valence electrons. The average molecular weight is 260 g/mol. The summed E-state index contributed by atoms with van der Waals surface area (Å²) in [5.74, 6) is 0. The van der Waals surface area contributed by atoms with E-state index in [0.29, 0.717) is 11.3 Å². The number of nitrogens with zero attached hydrogens (tertiary/aromatic N) is 2. The van der Waals surface area contributed by atoms with Crippen LogP contribution in [0.15, 0.2) is 5.38 Å². The van der Waals surface area contributed by atoms with Crippen LogP contribution in [0.3, 0.4) is 0 Å². The van der Waals surface area contributed by atoms with Crippen LogP contribution >= 0.6 is 23.4 Å². The first-order valence-corrected chi connectivity index (χ1v) is 7.18. The largest absolute Gasteiger partial charge is 0.245 e. The van der Waals surface area contributed by atoms with Gasteiger partial charge in [-0.05, 0) is 20.8 Å². The van der Waals surface area contributed by atoms with Gasteiger partial charge >= 0.3 is 0 Å². The normalized spacial score (nSPS) is 12.0. The molecule has 0 aliphatic heterocycles. The monoisotopic (exact) mass is 260 g/mol. The highest BCUT2D eigenvalue weighted by Gasteiger charge is 2.14. The maximum atomic E-state index is 5.69. The minimum absolute atomic E-state index is 0.355. The Morgan fingerprint density at radius 3 is 2.56 bits per heavy atom. The number of thiazole rings is 1. The molecule has 5 heteroatoms. The SMILES string of the molecule is Cc1nc(CN(OSC(C)C)C(C)C)cs1. The summed E-state index contributed by atoms with van der Waals surface area (Å²) < 4.78 is 5.69. The Balaban J connectivity index is 2.51. The fourth-order valence-electron chi connectivity index (χ4n) is 1.08. The molecule has 0 aliphatic rings. The van der Waals surface area contributed by atoms with Crippen molar-refractivity contribution in [2.45, 2.75) is 52.5 Å². The summed E-state index contributed by atoms with van der Waals surface area (Å²) in [6, 6.07) is 0.355. The summed E-state index contributed by atoms with van der Waals surface area (Å²) >= 11 is 3.18. The van der Waals surface area contributed by atoms with Crippen molar-refractivity contribution < 1.29 is 4.28 Å². The van der Waals surface area contributed by atoms with Gasteiger partial charge in [0.2, 0.25) is 0 Å². The molecule has 0 N–H and O–H groups in total. The second kappa shape index (κ2) is 6.59. The standard InChI is InChI=1S/C11H20N2OS2/c1-8(2)13(14-16-9(3)4)6-11-7-15-10(5)12-11/h7-9H,6H2,1-5H3. The smallest absolute Gasteiger partial charge is 0.0897 e. The molecule has 1 heterocycles. The van der Waals surface area contributed by atoms with E-state index in [1.165, 1.54) is 12.0 Å². The van der Waals surface area contributed by atoms with Crippen LogP contribution in [0, 0.1) is 6.92 Å². The Bertz CT molecular complexity index is 313. The van der Waals surface area contributed by atoms with Gasteiger partial charge in [-0.1, -0.05) is 13.8 Å². The molecule has 0 fully saturated rings. The van der Waals surface area contributed by atoms with Gasteiger partial charge < -0.3 is 0 Å². The molecule has 1 aromatic heterocycles. The van der Waals surface area contributed by atoms with E-state index in [1.54, 1.807) is 11.3 Å². The van der Waals surface area contributed by atoms with Crippen molar-refractivity contribution in [2.24, 2.45) is 0 Å². The van der Waals surface area contributed by atoms with E-state index in [4.69, 9.17) is 4.28 Å². The Labute approximate surface area is 106 Å². The van der Waals surface area contributed by atoms with E-state index in [0.717, 1.165) is 17.2 Å². The molecule has 1 aromatic rings. The molecule has 3 nitrogen and oxygen atoms in total. The quantitative estimate of drug-likeness (QED) is 0.576. The number of hydrogen-bond donors (Lipinski definition) is 0. The van der Waals surface area contributed by atoms with Crippen LogP contribution in [0.4, 0.5) is 0 Å². The molecule has 0 atom stereocenters. The van der Waals surface area contributed by atoms with E-state index in [-0.39, 0.29) is 0 Å². The minimum atomic E-state index is 0.355. The van der Waals surface area contributed by atoms with Gasteiger partial charge in [-0.2, -0.15) is 5.06 Å². The molecular weight excluding hydrogens is 240 g/mol. The molecule has 16 heavy (non-hydrogen) atoms. The Morgan fingerprint density at radius 2 is 2.12 bits per heavy atom. The molecule has 0 amide bonds. The predicted molar refractivity (Wildman–Crippen MR) is 71.3 cm³/mol. The first-order chi connectivity index (χ1) is 7.49. The van der Waals surface area contributed by atoms with Gasteiger partial charge in [-0.3, -0.25) is 0 Å². The van der Waals surface area contributed by atoms with Crippen molar-refractivity contribution in [3.8, 4) is 0 Å². The van der Waals surface area contributed by atoms with Crippen molar-refractivity contribution in [2.75, 3.05) is 0 Å². The zero-order valence-corrected chi connectivity index (χ0v) is 12.2. The fraction of sp³-hybridized carbons (Fsp3) is 0.727. The zero-order valence-electron chi connectivity index (χ0n) is 10.6. The van der Waals surface area contributed by atoms with Crippen molar-refractivity contribution in [1.82, 2.24) is 10.0 Å². The predicted octanol–water partition coefficient (Wildman–Crippen LogP) is 3.65. The highest BCUT2D eigenvalue weighted by atomic mass is 32.2. The van der Waals surface area contributed by atoms with Crippen LogP contribution in [-0.2, 0) is 10.8 Å². The van der Waals surface area contributed by atoms with E-state index in [2.05, 4.69) is 38.1 Å². The summed E-state index contributed by atoms with van der Waals surface area (Å²) in [4.78, 5) is 4.45. The van der Waals surface area contributed by atoms with Gasteiger partial charge in [0.1, 0.15) is 0 Å². The summed E-state index contributed by atoms with van der Waals surface area (Å²) in [7, 11) is 0. The van der Waals surface area contributed by atoms with E-state index >= 15 is 0 Å². The summed E-state index contributed by atoms with van der Waals surface area (Å²) in [6.45, 7) is 11.3. The Kier molecular flexibility index (Phi) is 5.75. The van der Waals surface area contributed by atoms with Gasteiger partial charge in [0.05, 0.1) is 17.2 Å². The molecule has 0 unspecified atom stereocenters. The third-order valence-corrected chi connectivity index (χ3v) is 3.38. The van der Waals surface area contributed by atoms with Crippen molar-refractivity contribution >= 4 is 23.4 Å². The molecule has 0 radical (unpaired) electrons. The first kappa shape index (κ1) is 14.0. The average Bonchev–Trinajstić information content (AvgIpc) is 2.57. The van der Waals surface area contributed by atoms with Gasteiger partial charge in [0, 0.05) is 28.7 Å². The lowest BCUT2D eigenvalue weighted by Crippen LogP contribution is -2.29. The molecule has 0 saturated heterocycles. The number of aryl methyl sites for hydroxylation is 1. The number of hydrogen-bond acceptors (Lipinski definition) is 5. The molecular formula is C11H20N2OS2. The minimum Gasteiger partial charge on any atom is -0.245 e. The Morgan fingerprint density at radius 1 is 1.44 bits per heavy atom. The lowest BCUT2D eigenvalue weighted by atomic mass is 10.3. The van der Waals surface area contributed by atoms with Gasteiger partial charge in [0.15, 0.2) is 0 Å². The molecule has 0 aliphatic carbocycles. The molecule has 0 bridgehead atoms. The van der Waals surface area contributed by atoms with Crippen molar-refractivity contribution in [1.29, 1.82) is 0 Å². The topological polar surface area (TPSA) is 25.4 Å². The van der Waals surface area contributed by atoms with Crippen LogP contribution in [0.5, 0.6) is 0 Å². The lowest BCUT2D eigenvalue weighted by Gasteiger charge is -2.24. The van der Waals surface area contributed by atoms with Crippen molar-refractivity contribution in [3.63, 3.8) is 0 Å². The lowest BCUT2D eigenvalue weighted by molar-refractivity contribution is -0.0763. The zero-order chi connectivity index (χ0) is 12.1.